The molecular formula is C20H23NO4. The largest absolute Gasteiger partial charge is 0.493 e. The SMILES string of the molecule is CCc1ccc(NC(=O)/C=C/c2cc(OC)c(OC)c(OC)c2)cc1. The Labute approximate surface area is 148 Å². The Bertz CT molecular complexity index is 726. The van der Waals surface area contributed by atoms with Crippen molar-refractivity contribution in [3.8, 4) is 17.2 Å². The fourth-order valence-electron chi connectivity index (χ4n) is 2.38. The Morgan fingerprint density at radius 2 is 1.60 bits per heavy atom. The van der Waals surface area contributed by atoms with Gasteiger partial charge in [-0.05, 0) is 47.9 Å². The molecule has 0 atom stereocenters. The Hall–Kier alpha value is -2.95. The maximum atomic E-state index is 12.1. The van der Waals surface area contributed by atoms with E-state index in [0.717, 1.165) is 17.7 Å². The normalized spacial score (nSPS) is 10.6. The molecule has 0 unspecified atom stereocenters. The van der Waals surface area contributed by atoms with E-state index in [1.165, 1.54) is 11.6 Å². The Morgan fingerprint density at radius 3 is 2.08 bits per heavy atom. The highest BCUT2D eigenvalue weighted by Gasteiger charge is 2.12. The Morgan fingerprint density at radius 1 is 1.00 bits per heavy atom. The zero-order chi connectivity index (χ0) is 18.2. The molecule has 0 saturated carbocycles. The molecule has 5 nitrogen and oxygen atoms in total. The van der Waals surface area contributed by atoms with Gasteiger partial charge in [-0.15, -0.1) is 0 Å². The number of amides is 1. The molecule has 2 rings (SSSR count). The predicted molar refractivity (Wildman–Crippen MR) is 99.6 cm³/mol. The minimum Gasteiger partial charge on any atom is -0.493 e. The number of rotatable bonds is 7. The number of hydrogen-bond donors (Lipinski definition) is 1. The molecule has 0 aromatic heterocycles. The van der Waals surface area contributed by atoms with Crippen molar-refractivity contribution in [3.05, 3.63) is 53.6 Å². The molecule has 132 valence electrons. The fourth-order valence-corrected chi connectivity index (χ4v) is 2.38. The molecule has 0 spiro atoms. The first-order valence-corrected chi connectivity index (χ1v) is 7.99. The molecule has 0 radical (unpaired) electrons. The maximum absolute atomic E-state index is 12.1. The topological polar surface area (TPSA) is 56.8 Å². The van der Waals surface area contributed by atoms with E-state index in [-0.39, 0.29) is 5.91 Å². The molecule has 25 heavy (non-hydrogen) atoms. The lowest BCUT2D eigenvalue weighted by Gasteiger charge is -2.12. The number of anilines is 1. The van der Waals surface area contributed by atoms with Crippen molar-refractivity contribution in [1.82, 2.24) is 0 Å². The molecule has 2 aromatic carbocycles. The minimum atomic E-state index is -0.210. The van der Waals surface area contributed by atoms with E-state index >= 15 is 0 Å². The van der Waals surface area contributed by atoms with Gasteiger partial charge >= 0.3 is 0 Å². The molecule has 0 heterocycles. The Balaban J connectivity index is 2.13. The zero-order valence-corrected chi connectivity index (χ0v) is 15.0. The smallest absolute Gasteiger partial charge is 0.248 e. The highest BCUT2D eigenvalue weighted by Crippen LogP contribution is 2.38. The summed E-state index contributed by atoms with van der Waals surface area (Å²) in [4.78, 5) is 12.1. The van der Waals surface area contributed by atoms with Gasteiger partial charge in [0, 0.05) is 11.8 Å². The molecule has 0 fully saturated rings. The van der Waals surface area contributed by atoms with Crippen LogP contribution in [-0.2, 0) is 11.2 Å². The average Bonchev–Trinajstić information content (AvgIpc) is 2.65. The minimum absolute atomic E-state index is 0.210. The number of benzene rings is 2. The van der Waals surface area contributed by atoms with E-state index in [1.807, 2.05) is 24.3 Å². The van der Waals surface area contributed by atoms with Gasteiger partial charge in [0.15, 0.2) is 11.5 Å². The van der Waals surface area contributed by atoms with Crippen LogP contribution in [-0.4, -0.2) is 27.2 Å². The number of carbonyl (C=O) groups excluding carboxylic acids is 1. The van der Waals surface area contributed by atoms with E-state index in [0.29, 0.717) is 17.2 Å². The summed E-state index contributed by atoms with van der Waals surface area (Å²) >= 11 is 0. The second-order valence-electron chi connectivity index (χ2n) is 5.33. The lowest BCUT2D eigenvalue weighted by molar-refractivity contribution is -0.111. The molecule has 0 aliphatic rings. The van der Waals surface area contributed by atoms with Crippen LogP contribution in [0.5, 0.6) is 17.2 Å². The average molecular weight is 341 g/mol. The van der Waals surface area contributed by atoms with E-state index < -0.39 is 0 Å². The van der Waals surface area contributed by atoms with E-state index in [1.54, 1.807) is 39.5 Å². The van der Waals surface area contributed by atoms with Crippen LogP contribution < -0.4 is 19.5 Å². The van der Waals surface area contributed by atoms with Gasteiger partial charge in [-0.25, -0.2) is 0 Å². The number of carbonyl (C=O) groups is 1. The molecule has 1 amide bonds. The molecule has 0 aliphatic carbocycles. The fraction of sp³-hybridized carbons (Fsp3) is 0.250. The van der Waals surface area contributed by atoms with Crippen LogP contribution in [0.1, 0.15) is 18.1 Å². The number of aryl methyl sites for hydroxylation is 1. The van der Waals surface area contributed by atoms with E-state index in [2.05, 4.69) is 12.2 Å². The maximum Gasteiger partial charge on any atom is 0.248 e. The van der Waals surface area contributed by atoms with Gasteiger partial charge < -0.3 is 19.5 Å². The third kappa shape index (κ3) is 4.76. The van der Waals surface area contributed by atoms with Crippen LogP contribution in [0.15, 0.2) is 42.5 Å². The van der Waals surface area contributed by atoms with Crippen LogP contribution in [0.25, 0.3) is 6.08 Å². The van der Waals surface area contributed by atoms with Crippen molar-refractivity contribution >= 4 is 17.7 Å². The highest BCUT2D eigenvalue weighted by atomic mass is 16.5. The van der Waals surface area contributed by atoms with Gasteiger partial charge in [0.2, 0.25) is 11.7 Å². The summed E-state index contributed by atoms with van der Waals surface area (Å²) in [7, 11) is 4.65. The third-order valence-electron chi connectivity index (χ3n) is 3.74. The van der Waals surface area contributed by atoms with Crippen molar-refractivity contribution in [2.24, 2.45) is 0 Å². The second-order valence-corrected chi connectivity index (χ2v) is 5.33. The molecule has 5 heteroatoms. The van der Waals surface area contributed by atoms with Crippen LogP contribution in [0.4, 0.5) is 5.69 Å². The van der Waals surface area contributed by atoms with Gasteiger partial charge in [0.1, 0.15) is 0 Å². The molecule has 0 saturated heterocycles. The van der Waals surface area contributed by atoms with Crippen LogP contribution in [0.3, 0.4) is 0 Å². The highest BCUT2D eigenvalue weighted by molar-refractivity contribution is 6.02. The third-order valence-corrected chi connectivity index (χ3v) is 3.74. The lowest BCUT2D eigenvalue weighted by atomic mass is 10.1. The first kappa shape index (κ1) is 18.4. The van der Waals surface area contributed by atoms with Crippen LogP contribution in [0, 0.1) is 0 Å². The van der Waals surface area contributed by atoms with Gasteiger partial charge in [-0.2, -0.15) is 0 Å². The summed E-state index contributed by atoms with van der Waals surface area (Å²) in [5, 5.41) is 2.83. The molecule has 0 aliphatic heterocycles. The van der Waals surface area contributed by atoms with Gasteiger partial charge in [0.25, 0.3) is 0 Å². The molecule has 0 bridgehead atoms. The lowest BCUT2D eigenvalue weighted by Crippen LogP contribution is -2.07. The number of ether oxygens (including phenoxy) is 3. The molecule has 1 N–H and O–H groups in total. The standard InChI is InChI=1S/C20H23NO4/c1-5-14-6-9-16(10-7-14)21-19(22)11-8-15-12-17(23-2)20(25-4)18(13-15)24-3/h6-13H,5H2,1-4H3,(H,21,22)/b11-8+. The summed E-state index contributed by atoms with van der Waals surface area (Å²) in [6, 6.07) is 11.3. The van der Waals surface area contributed by atoms with Gasteiger partial charge in [0.05, 0.1) is 21.3 Å². The summed E-state index contributed by atoms with van der Waals surface area (Å²) in [5.74, 6) is 1.38. The first-order chi connectivity index (χ1) is 12.1. The second kappa shape index (κ2) is 8.78. The quantitative estimate of drug-likeness (QED) is 0.775. The summed E-state index contributed by atoms with van der Waals surface area (Å²) < 4.78 is 15.9. The van der Waals surface area contributed by atoms with Crippen LogP contribution in [0.2, 0.25) is 0 Å². The van der Waals surface area contributed by atoms with Crippen LogP contribution >= 0.6 is 0 Å². The summed E-state index contributed by atoms with van der Waals surface area (Å²) in [5.41, 5.74) is 2.76. The zero-order valence-electron chi connectivity index (χ0n) is 15.0. The van der Waals surface area contributed by atoms with Crippen molar-refractivity contribution in [3.63, 3.8) is 0 Å². The molecular weight excluding hydrogens is 318 g/mol. The Kier molecular flexibility index (Phi) is 6.46. The first-order valence-electron chi connectivity index (χ1n) is 7.99. The summed E-state index contributed by atoms with van der Waals surface area (Å²) in [6.07, 6.45) is 4.13. The van der Waals surface area contributed by atoms with Crippen molar-refractivity contribution < 1.29 is 19.0 Å². The van der Waals surface area contributed by atoms with Crippen molar-refractivity contribution in [1.29, 1.82) is 0 Å². The predicted octanol–water partition coefficient (Wildman–Crippen LogP) is 3.93. The van der Waals surface area contributed by atoms with Gasteiger partial charge in [-0.1, -0.05) is 19.1 Å². The number of methoxy groups -OCH3 is 3. The number of hydrogen-bond acceptors (Lipinski definition) is 4. The van der Waals surface area contributed by atoms with E-state index in [4.69, 9.17) is 14.2 Å². The van der Waals surface area contributed by atoms with Gasteiger partial charge in [-0.3, -0.25) is 4.79 Å². The molecule has 2 aromatic rings. The van der Waals surface area contributed by atoms with Crippen molar-refractivity contribution in [2.45, 2.75) is 13.3 Å². The summed E-state index contributed by atoms with van der Waals surface area (Å²) in [6.45, 7) is 2.09. The van der Waals surface area contributed by atoms with E-state index in [9.17, 15) is 4.79 Å². The van der Waals surface area contributed by atoms with Crippen molar-refractivity contribution in [2.75, 3.05) is 26.6 Å². The monoisotopic (exact) mass is 341 g/mol. The number of nitrogens with one attached hydrogen (secondary N) is 1.